The second kappa shape index (κ2) is 7.60. The predicted octanol–water partition coefficient (Wildman–Crippen LogP) is 1.84. The van der Waals surface area contributed by atoms with Gasteiger partial charge in [-0.25, -0.2) is 4.98 Å². The first-order chi connectivity index (χ1) is 11.0. The Hall–Kier alpha value is -2.60. The fourth-order valence-electron chi connectivity index (χ4n) is 2.06. The minimum Gasteiger partial charge on any atom is -0.488 e. The molecule has 0 fully saturated rings. The van der Waals surface area contributed by atoms with E-state index in [9.17, 15) is 9.90 Å². The number of hydrogen-bond acceptors (Lipinski definition) is 4. The van der Waals surface area contributed by atoms with Crippen molar-refractivity contribution < 1.29 is 14.6 Å². The van der Waals surface area contributed by atoms with E-state index in [-0.39, 0.29) is 12.5 Å². The summed E-state index contributed by atoms with van der Waals surface area (Å²) < 4.78 is 7.29. The van der Waals surface area contributed by atoms with Crippen molar-refractivity contribution in [3.05, 3.63) is 60.2 Å². The molecule has 0 saturated heterocycles. The Morgan fingerprint density at radius 3 is 2.87 bits per heavy atom. The van der Waals surface area contributed by atoms with E-state index in [4.69, 9.17) is 4.74 Å². The van der Waals surface area contributed by atoms with Gasteiger partial charge in [0, 0.05) is 19.4 Å². The number of aliphatic hydroxyl groups is 1. The van der Waals surface area contributed by atoms with E-state index in [1.165, 1.54) is 0 Å². The first kappa shape index (κ1) is 16.8. The normalized spacial score (nSPS) is 11.8. The lowest BCUT2D eigenvalue weighted by atomic mass is 10.2. The molecule has 0 bridgehead atoms. The predicted molar refractivity (Wildman–Crippen MR) is 87.3 cm³/mol. The maximum Gasteiger partial charge on any atom is 0.255 e. The summed E-state index contributed by atoms with van der Waals surface area (Å²) in [7, 11) is 1.79. The number of aliphatic hydroxyl groups excluding tert-OH is 1. The van der Waals surface area contributed by atoms with E-state index in [2.05, 4.69) is 16.9 Å². The third-order valence-electron chi connectivity index (χ3n) is 3.22. The molecule has 2 aromatic rings. The maximum atomic E-state index is 12.3. The van der Waals surface area contributed by atoms with Gasteiger partial charge in [0.1, 0.15) is 24.3 Å². The molecule has 1 aromatic heterocycles. The number of carbonyl (C=O) groups is 1. The number of hydrogen-bond donors (Lipinski definition) is 2. The lowest BCUT2D eigenvalue weighted by molar-refractivity contribution is 0.0906. The molecule has 1 atom stereocenters. The molecule has 2 N–H and O–H groups in total. The smallest absolute Gasteiger partial charge is 0.255 e. The van der Waals surface area contributed by atoms with E-state index in [0.29, 0.717) is 23.7 Å². The Kier molecular flexibility index (Phi) is 5.54. The van der Waals surface area contributed by atoms with Gasteiger partial charge in [-0.1, -0.05) is 18.7 Å². The number of amides is 1. The van der Waals surface area contributed by atoms with Crippen molar-refractivity contribution in [3.8, 4) is 5.75 Å². The summed E-state index contributed by atoms with van der Waals surface area (Å²) in [6.45, 7) is 6.04. The van der Waals surface area contributed by atoms with Gasteiger partial charge in [-0.05, 0) is 24.6 Å². The van der Waals surface area contributed by atoms with Crippen LogP contribution >= 0.6 is 0 Å². The third-order valence-corrected chi connectivity index (χ3v) is 3.22. The zero-order valence-electron chi connectivity index (χ0n) is 13.3. The van der Waals surface area contributed by atoms with E-state index in [1.54, 1.807) is 48.3 Å². The van der Waals surface area contributed by atoms with Crippen LogP contribution in [0.25, 0.3) is 0 Å². The van der Waals surface area contributed by atoms with Crippen LogP contribution in [0, 0.1) is 0 Å². The molecule has 1 unspecified atom stereocenters. The van der Waals surface area contributed by atoms with Crippen LogP contribution in [0.4, 0.5) is 0 Å². The number of imidazole rings is 1. The van der Waals surface area contributed by atoms with Crippen molar-refractivity contribution in [1.82, 2.24) is 14.9 Å². The Labute approximate surface area is 135 Å². The van der Waals surface area contributed by atoms with Gasteiger partial charge in [0.25, 0.3) is 5.91 Å². The lowest BCUT2D eigenvalue weighted by Crippen LogP contribution is -2.29. The first-order valence-electron chi connectivity index (χ1n) is 7.28. The molecule has 1 aromatic carbocycles. The summed E-state index contributed by atoms with van der Waals surface area (Å²) in [6, 6.07) is 6.97. The number of aryl methyl sites for hydroxylation is 1. The third kappa shape index (κ3) is 4.43. The number of nitrogens with zero attached hydrogens (tertiary/aromatic N) is 2. The maximum absolute atomic E-state index is 12.3. The molecule has 0 radical (unpaired) electrons. The van der Waals surface area contributed by atoms with Crippen molar-refractivity contribution in [3.63, 3.8) is 0 Å². The highest BCUT2D eigenvalue weighted by Gasteiger charge is 2.16. The van der Waals surface area contributed by atoms with E-state index >= 15 is 0 Å². The van der Waals surface area contributed by atoms with Crippen LogP contribution in [0.5, 0.6) is 5.75 Å². The van der Waals surface area contributed by atoms with Crippen LogP contribution in [-0.4, -0.2) is 33.7 Å². The summed E-state index contributed by atoms with van der Waals surface area (Å²) in [5.41, 5.74) is 1.28. The largest absolute Gasteiger partial charge is 0.488 e. The number of para-hydroxylation sites is 1. The molecule has 1 heterocycles. The SMILES string of the molecule is C=C(C)COc1ccccc1C(=O)NCC(O)c1nccn1C. The highest BCUT2D eigenvalue weighted by molar-refractivity contribution is 5.96. The second-order valence-corrected chi connectivity index (χ2v) is 5.36. The molecule has 6 heteroatoms. The Bertz CT molecular complexity index is 694. The van der Waals surface area contributed by atoms with Gasteiger partial charge < -0.3 is 19.7 Å². The number of carbonyl (C=O) groups excluding carboxylic acids is 1. The van der Waals surface area contributed by atoms with Gasteiger partial charge in [0.2, 0.25) is 0 Å². The Morgan fingerprint density at radius 2 is 2.22 bits per heavy atom. The standard InChI is InChI=1S/C17H21N3O3/c1-12(2)11-23-15-7-5-4-6-13(15)17(22)19-10-14(21)16-18-8-9-20(16)3/h4-9,14,21H,1,10-11H2,2-3H3,(H,19,22). The fraction of sp³-hybridized carbons (Fsp3) is 0.294. The van der Waals surface area contributed by atoms with Crippen LogP contribution in [0.2, 0.25) is 0 Å². The van der Waals surface area contributed by atoms with Gasteiger partial charge in [0.15, 0.2) is 0 Å². The molecule has 2 rings (SSSR count). The summed E-state index contributed by atoms with van der Waals surface area (Å²) >= 11 is 0. The zero-order valence-corrected chi connectivity index (χ0v) is 13.3. The average molecular weight is 315 g/mol. The van der Waals surface area contributed by atoms with Crippen molar-refractivity contribution in [2.75, 3.05) is 13.2 Å². The van der Waals surface area contributed by atoms with Gasteiger partial charge >= 0.3 is 0 Å². The summed E-state index contributed by atoms with van der Waals surface area (Å²) in [6.07, 6.45) is 2.46. The summed E-state index contributed by atoms with van der Waals surface area (Å²) in [4.78, 5) is 16.4. The van der Waals surface area contributed by atoms with Crippen LogP contribution in [0.1, 0.15) is 29.2 Å². The summed E-state index contributed by atoms with van der Waals surface area (Å²) in [5, 5.41) is 12.8. The molecule has 0 aliphatic rings. The molecule has 0 aliphatic carbocycles. The number of nitrogens with one attached hydrogen (secondary N) is 1. The van der Waals surface area contributed by atoms with Gasteiger partial charge in [-0.2, -0.15) is 0 Å². The van der Waals surface area contributed by atoms with Crippen molar-refractivity contribution in [2.24, 2.45) is 7.05 Å². The molecule has 0 spiro atoms. The van der Waals surface area contributed by atoms with Crippen molar-refractivity contribution in [2.45, 2.75) is 13.0 Å². The first-order valence-corrected chi connectivity index (χ1v) is 7.28. The van der Waals surface area contributed by atoms with Crippen LogP contribution < -0.4 is 10.1 Å². The highest BCUT2D eigenvalue weighted by atomic mass is 16.5. The van der Waals surface area contributed by atoms with E-state index < -0.39 is 6.10 Å². The van der Waals surface area contributed by atoms with Crippen molar-refractivity contribution in [1.29, 1.82) is 0 Å². The Morgan fingerprint density at radius 1 is 1.48 bits per heavy atom. The molecule has 0 saturated carbocycles. The van der Waals surface area contributed by atoms with E-state index in [1.807, 2.05) is 6.92 Å². The molecule has 6 nitrogen and oxygen atoms in total. The van der Waals surface area contributed by atoms with Crippen molar-refractivity contribution >= 4 is 5.91 Å². The van der Waals surface area contributed by atoms with E-state index in [0.717, 1.165) is 5.57 Å². The lowest BCUT2D eigenvalue weighted by Gasteiger charge is -2.14. The molecular weight excluding hydrogens is 294 g/mol. The number of benzene rings is 1. The number of ether oxygens (including phenoxy) is 1. The Balaban J connectivity index is 2.00. The second-order valence-electron chi connectivity index (χ2n) is 5.36. The molecule has 1 amide bonds. The van der Waals surface area contributed by atoms with Gasteiger partial charge in [-0.15, -0.1) is 0 Å². The average Bonchev–Trinajstić information content (AvgIpc) is 2.96. The topological polar surface area (TPSA) is 76.4 Å². The zero-order chi connectivity index (χ0) is 16.8. The molecule has 122 valence electrons. The number of aromatic nitrogens is 2. The van der Waals surface area contributed by atoms with Crippen LogP contribution in [-0.2, 0) is 7.05 Å². The van der Waals surface area contributed by atoms with Gasteiger partial charge in [-0.3, -0.25) is 4.79 Å². The molecule has 0 aliphatic heterocycles. The highest BCUT2D eigenvalue weighted by Crippen LogP contribution is 2.18. The number of rotatable bonds is 7. The quantitative estimate of drug-likeness (QED) is 0.764. The van der Waals surface area contributed by atoms with Crippen LogP contribution in [0.15, 0.2) is 48.8 Å². The minimum absolute atomic E-state index is 0.0680. The monoisotopic (exact) mass is 315 g/mol. The van der Waals surface area contributed by atoms with Gasteiger partial charge in [0.05, 0.1) is 12.1 Å². The summed E-state index contributed by atoms with van der Waals surface area (Å²) in [5.74, 6) is 0.673. The fourth-order valence-corrected chi connectivity index (χ4v) is 2.06. The minimum atomic E-state index is -0.873. The van der Waals surface area contributed by atoms with Crippen LogP contribution in [0.3, 0.4) is 0 Å². The molecule has 23 heavy (non-hydrogen) atoms. The molecular formula is C17H21N3O3.